The molecule has 2 aromatic heterocycles. The summed E-state index contributed by atoms with van der Waals surface area (Å²) in [7, 11) is 3.09. The third-order valence-corrected chi connectivity index (χ3v) is 5.53. The lowest BCUT2D eigenvalue weighted by atomic mass is 10.2. The van der Waals surface area contributed by atoms with E-state index in [2.05, 4.69) is 15.3 Å². The minimum absolute atomic E-state index is 0.0805. The summed E-state index contributed by atoms with van der Waals surface area (Å²) in [5.74, 6) is 0.905. The highest BCUT2D eigenvalue weighted by molar-refractivity contribution is 5.95. The first-order valence-electron chi connectivity index (χ1n) is 10.0. The minimum Gasteiger partial charge on any atom is -0.493 e. The number of benzene rings is 2. The summed E-state index contributed by atoms with van der Waals surface area (Å²) in [6, 6.07) is 13.0. The van der Waals surface area contributed by atoms with Crippen LogP contribution in [0.5, 0.6) is 11.5 Å². The normalized spacial score (nSPS) is 12.8. The maximum atomic E-state index is 13.0. The van der Waals surface area contributed by atoms with Gasteiger partial charge in [0.1, 0.15) is 12.9 Å². The molecule has 10 nitrogen and oxygen atoms in total. The van der Waals surface area contributed by atoms with Gasteiger partial charge in [0.2, 0.25) is 5.91 Å². The number of aromatic nitrogens is 5. The molecule has 0 saturated carbocycles. The van der Waals surface area contributed by atoms with Crippen LogP contribution >= 0.6 is 0 Å². The Morgan fingerprint density at radius 2 is 1.91 bits per heavy atom. The van der Waals surface area contributed by atoms with Crippen LogP contribution in [0.3, 0.4) is 0 Å². The maximum absolute atomic E-state index is 13.0. The summed E-state index contributed by atoms with van der Waals surface area (Å²) >= 11 is 0. The zero-order valence-electron chi connectivity index (χ0n) is 17.6. The number of para-hydroxylation sites is 1. The molecule has 162 valence electrons. The van der Waals surface area contributed by atoms with Crippen molar-refractivity contribution in [2.24, 2.45) is 0 Å². The van der Waals surface area contributed by atoms with Crippen molar-refractivity contribution in [2.75, 3.05) is 25.7 Å². The first-order valence-corrected chi connectivity index (χ1v) is 10.0. The molecule has 4 aromatic rings. The van der Waals surface area contributed by atoms with Gasteiger partial charge in [-0.05, 0) is 30.2 Å². The predicted octanol–water partition coefficient (Wildman–Crippen LogP) is 1.58. The molecule has 0 fully saturated rings. The van der Waals surface area contributed by atoms with Gasteiger partial charge in [-0.1, -0.05) is 23.4 Å². The predicted molar refractivity (Wildman–Crippen MR) is 117 cm³/mol. The van der Waals surface area contributed by atoms with Crippen LogP contribution in [0.1, 0.15) is 5.56 Å². The van der Waals surface area contributed by atoms with Gasteiger partial charge in [0.05, 0.1) is 19.9 Å². The molecule has 10 heteroatoms. The molecule has 0 aliphatic carbocycles. The Bertz CT molecular complexity index is 1390. The Labute approximate surface area is 182 Å². The van der Waals surface area contributed by atoms with Crippen LogP contribution in [0.2, 0.25) is 0 Å². The van der Waals surface area contributed by atoms with E-state index in [9.17, 15) is 9.59 Å². The zero-order chi connectivity index (χ0) is 22.2. The fourth-order valence-electron chi connectivity index (χ4n) is 3.92. The number of carbonyl (C=O) groups is 1. The summed E-state index contributed by atoms with van der Waals surface area (Å²) < 4.78 is 13.3. The third-order valence-electron chi connectivity index (χ3n) is 5.53. The van der Waals surface area contributed by atoms with Crippen LogP contribution in [0, 0.1) is 0 Å². The SMILES string of the molecule is COc1ccc(-n2nnc3c(=O)n(CC(=O)N4CCc5ccccc54)cnc32)cc1OC. The lowest BCUT2D eigenvalue weighted by Crippen LogP contribution is -2.35. The molecule has 0 atom stereocenters. The first kappa shape index (κ1) is 19.7. The topological polar surface area (TPSA) is 104 Å². The van der Waals surface area contributed by atoms with Gasteiger partial charge in [0.15, 0.2) is 22.7 Å². The summed E-state index contributed by atoms with van der Waals surface area (Å²) in [5, 5.41) is 8.10. The molecule has 0 spiro atoms. The van der Waals surface area contributed by atoms with E-state index in [1.807, 2.05) is 24.3 Å². The largest absolute Gasteiger partial charge is 0.493 e. The van der Waals surface area contributed by atoms with Gasteiger partial charge in [-0.15, -0.1) is 5.10 Å². The number of amides is 1. The van der Waals surface area contributed by atoms with E-state index in [1.165, 1.54) is 22.7 Å². The number of methoxy groups -OCH3 is 2. The van der Waals surface area contributed by atoms with Gasteiger partial charge in [0, 0.05) is 18.3 Å². The molecule has 5 rings (SSSR count). The fraction of sp³-hybridized carbons (Fsp3) is 0.227. The number of hydrogen-bond donors (Lipinski definition) is 0. The fourth-order valence-corrected chi connectivity index (χ4v) is 3.92. The molecule has 0 N–H and O–H groups in total. The summed E-state index contributed by atoms with van der Waals surface area (Å²) in [6.07, 6.45) is 2.15. The second-order valence-electron chi connectivity index (χ2n) is 7.31. The first-order chi connectivity index (χ1) is 15.6. The summed E-state index contributed by atoms with van der Waals surface area (Å²) in [4.78, 5) is 31.9. The molecule has 3 heterocycles. The highest BCUT2D eigenvalue weighted by Gasteiger charge is 2.25. The standard InChI is InChI=1S/C22H20N6O4/c1-31-17-8-7-15(11-18(17)32-2)28-21-20(24-25-28)22(30)26(13-23-21)12-19(29)27-10-9-14-5-3-4-6-16(14)27/h3-8,11,13H,9-10,12H2,1-2H3. The third kappa shape index (κ3) is 3.16. The molecule has 0 radical (unpaired) electrons. The zero-order valence-corrected chi connectivity index (χ0v) is 17.6. The van der Waals surface area contributed by atoms with Crippen LogP contribution in [-0.4, -0.2) is 51.2 Å². The molecule has 1 aliphatic rings. The van der Waals surface area contributed by atoms with Crippen molar-refractivity contribution in [3.05, 3.63) is 64.7 Å². The Balaban J connectivity index is 1.46. The highest BCUT2D eigenvalue weighted by atomic mass is 16.5. The van der Waals surface area contributed by atoms with Gasteiger partial charge in [0.25, 0.3) is 5.56 Å². The number of fused-ring (bicyclic) bond motifs is 2. The quantitative estimate of drug-likeness (QED) is 0.472. The summed E-state index contributed by atoms with van der Waals surface area (Å²) in [6.45, 7) is 0.470. The Morgan fingerprint density at radius 1 is 1.09 bits per heavy atom. The van der Waals surface area contributed by atoms with Crippen LogP contribution in [0.4, 0.5) is 5.69 Å². The number of rotatable bonds is 5. The minimum atomic E-state index is -0.428. The van der Waals surface area contributed by atoms with E-state index in [4.69, 9.17) is 9.47 Å². The van der Waals surface area contributed by atoms with Crippen LogP contribution in [0.15, 0.2) is 53.6 Å². The van der Waals surface area contributed by atoms with E-state index < -0.39 is 5.56 Å². The van der Waals surface area contributed by atoms with Gasteiger partial charge < -0.3 is 14.4 Å². The Kier molecular flexibility index (Phi) is 4.81. The van der Waals surface area contributed by atoms with Crippen molar-refractivity contribution in [1.82, 2.24) is 24.5 Å². The Hall–Kier alpha value is -4.21. The van der Waals surface area contributed by atoms with Crippen molar-refractivity contribution in [1.29, 1.82) is 0 Å². The van der Waals surface area contributed by atoms with Crippen molar-refractivity contribution in [3.63, 3.8) is 0 Å². The monoisotopic (exact) mass is 432 g/mol. The van der Waals surface area contributed by atoms with E-state index in [-0.39, 0.29) is 23.6 Å². The van der Waals surface area contributed by atoms with Crippen LogP contribution in [0.25, 0.3) is 16.9 Å². The average Bonchev–Trinajstić information content (AvgIpc) is 3.45. The highest BCUT2D eigenvalue weighted by Crippen LogP contribution is 2.30. The summed E-state index contributed by atoms with van der Waals surface area (Å²) in [5.41, 5.74) is 2.56. The molecule has 32 heavy (non-hydrogen) atoms. The molecule has 0 unspecified atom stereocenters. The molecule has 2 aromatic carbocycles. The van der Waals surface area contributed by atoms with Crippen molar-refractivity contribution < 1.29 is 14.3 Å². The molecule has 0 saturated heterocycles. The number of ether oxygens (including phenoxy) is 2. The van der Waals surface area contributed by atoms with Crippen molar-refractivity contribution in [2.45, 2.75) is 13.0 Å². The number of nitrogens with zero attached hydrogens (tertiary/aromatic N) is 6. The van der Waals surface area contributed by atoms with E-state index in [0.717, 1.165) is 17.7 Å². The van der Waals surface area contributed by atoms with Crippen LogP contribution in [-0.2, 0) is 17.8 Å². The lowest BCUT2D eigenvalue weighted by Gasteiger charge is -2.17. The molecular formula is C22H20N6O4. The van der Waals surface area contributed by atoms with Gasteiger partial charge >= 0.3 is 0 Å². The van der Waals surface area contributed by atoms with Gasteiger partial charge in [-0.2, -0.15) is 4.68 Å². The average molecular weight is 432 g/mol. The molecule has 1 amide bonds. The molecule has 1 aliphatic heterocycles. The van der Waals surface area contributed by atoms with Crippen LogP contribution < -0.4 is 19.9 Å². The van der Waals surface area contributed by atoms with E-state index in [0.29, 0.717) is 23.7 Å². The number of hydrogen-bond acceptors (Lipinski definition) is 7. The van der Waals surface area contributed by atoms with Crippen molar-refractivity contribution >= 4 is 22.8 Å². The van der Waals surface area contributed by atoms with E-state index in [1.54, 1.807) is 30.2 Å². The van der Waals surface area contributed by atoms with Gasteiger partial charge in [-0.3, -0.25) is 14.2 Å². The molecular weight excluding hydrogens is 412 g/mol. The lowest BCUT2D eigenvalue weighted by molar-refractivity contribution is -0.119. The second-order valence-corrected chi connectivity index (χ2v) is 7.31. The number of carbonyl (C=O) groups excluding carboxylic acids is 1. The van der Waals surface area contributed by atoms with E-state index >= 15 is 0 Å². The van der Waals surface area contributed by atoms with Crippen molar-refractivity contribution in [3.8, 4) is 17.2 Å². The maximum Gasteiger partial charge on any atom is 0.284 e. The Morgan fingerprint density at radius 3 is 2.72 bits per heavy atom. The smallest absolute Gasteiger partial charge is 0.284 e. The molecule has 0 bridgehead atoms. The second kappa shape index (κ2) is 7.80. The van der Waals surface area contributed by atoms with Gasteiger partial charge in [-0.25, -0.2) is 4.98 Å². The number of anilines is 1.